The molecule has 1 fully saturated rings. The van der Waals surface area contributed by atoms with E-state index in [0.29, 0.717) is 10.8 Å². The molecule has 4 nitrogen and oxygen atoms in total. The van der Waals surface area contributed by atoms with Gasteiger partial charge in [0.15, 0.2) is 6.10 Å². The molecule has 1 atom stereocenters. The van der Waals surface area contributed by atoms with Crippen molar-refractivity contribution in [3.63, 3.8) is 0 Å². The van der Waals surface area contributed by atoms with E-state index in [1.165, 1.54) is 0 Å². The Morgan fingerprint density at radius 1 is 1.45 bits per heavy atom. The first-order valence-electron chi connectivity index (χ1n) is 6.19. The number of nitrogens with zero attached hydrogens (tertiary/aromatic N) is 1. The smallest absolute Gasteiger partial charge is 0.263 e. The summed E-state index contributed by atoms with van der Waals surface area (Å²) in [4.78, 5) is 14.0. The molecule has 1 N–H and O–H groups in total. The van der Waals surface area contributed by atoms with Crippen molar-refractivity contribution in [1.82, 2.24) is 10.2 Å². The number of nitrogens with one attached hydrogen (secondary N) is 1. The lowest BCUT2D eigenvalue weighted by Crippen LogP contribution is -2.50. The third-order valence-corrected chi connectivity index (χ3v) is 3.83. The van der Waals surface area contributed by atoms with Gasteiger partial charge in [0.1, 0.15) is 5.75 Å². The molecule has 1 amide bonds. The highest BCUT2D eigenvalue weighted by molar-refractivity contribution is 9.10. The number of carbonyl (C=O) groups excluding carboxylic acids is 1. The zero-order valence-corrected chi connectivity index (χ0v) is 14.2. The van der Waals surface area contributed by atoms with Gasteiger partial charge in [-0.15, -0.1) is 12.4 Å². The minimum absolute atomic E-state index is 0. The second-order valence-corrected chi connectivity index (χ2v) is 5.70. The molecule has 0 saturated carbocycles. The Morgan fingerprint density at radius 2 is 2.10 bits per heavy atom. The molecule has 2 rings (SSSR count). The van der Waals surface area contributed by atoms with Crippen LogP contribution in [0.5, 0.6) is 5.75 Å². The van der Waals surface area contributed by atoms with E-state index in [4.69, 9.17) is 16.3 Å². The Morgan fingerprint density at radius 3 is 2.70 bits per heavy atom. The summed E-state index contributed by atoms with van der Waals surface area (Å²) in [5, 5.41) is 3.84. The van der Waals surface area contributed by atoms with Gasteiger partial charge in [0.05, 0.1) is 4.47 Å². The van der Waals surface area contributed by atoms with E-state index in [0.717, 1.165) is 30.7 Å². The Kier molecular flexibility index (Phi) is 7.09. The summed E-state index contributed by atoms with van der Waals surface area (Å²) in [6, 6.07) is 5.25. The summed E-state index contributed by atoms with van der Waals surface area (Å²) in [7, 11) is 0. The fourth-order valence-electron chi connectivity index (χ4n) is 1.95. The summed E-state index contributed by atoms with van der Waals surface area (Å²) in [6.45, 7) is 4.90. The fourth-order valence-corrected chi connectivity index (χ4v) is 2.73. The quantitative estimate of drug-likeness (QED) is 0.872. The Hall–Kier alpha value is -0.490. The third kappa shape index (κ3) is 4.52. The molecule has 112 valence electrons. The topological polar surface area (TPSA) is 41.6 Å². The van der Waals surface area contributed by atoms with Crippen LogP contribution in [0.2, 0.25) is 5.02 Å². The van der Waals surface area contributed by atoms with E-state index in [-0.39, 0.29) is 18.3 Å². The van der Waals surface area contributed by atoms with Crippen LogP contribution in [0.15, 0.2) is 22.7 Å². The number of ether oxygens (including phenoxy) is 1. The molecule has 1 aliphatic rings. The fraction of sp³-hybridized carbons (Fsp3) is 0.462. The predicted molar refractivity (Wildman–Crippen MR) is 85.9 cm³/mol. The lowest BCUT2D eigenvalue weighted by Gasteiger charge is -2.29. The summed E-state index contributed by atoms with van der Waals surface area (Å²) in [5.74, 6) is 0.642. The molecular weight excluding hydrogens is 367 g/mol. The van der Waals surface area contributed by atoms with Crippen LogP contribution in [0, 0.1) is 0 Å². The first-order valence-corrected chi connectivity index (χ1v) is 7.36. The maximum absolute atomic E-state index is 12.2. The van der Waals surface area contributed by atoms with Crippen molar-refractivity contribution in [3.8, 4) is 5.75 Å². The lowest BCUT2D eigenvalue weighted by molar-refractivity contribution is -0.138. The molecule has 0 aliphatic carbocycles. The van der Waals surface area contributed by atoms with Crippen molar-refractivity contribution in [2.45, 2.75) is 13.0 Å². The van der Waals surface area contributed by atoms with E-state index < -0.39 is 6.10 Å². The average Bonchev–Trinajstić information content (AvgIpc) is 2.42. The van der Waals surface area contributed by atoms with Crippen LogP contribution < -0.4 is 10.1 Å². The Bertz CT molecular complexity index is 468. The standard InChI is InChI=1S/C13H16BrClN2O2.ClH/c1-9(13(18)17-6-4-16-5-7-17)19-12-3-2-10(15)8-11(12)14;/h2-3,8-9,16H,4-7H2,1H3;1H. The molecule has 1 saturated heterocycles. The summed E-state index contributed by atoms with van der Waals surface area (Å²) in [5.41, 5.74) is 0. The molecular formula is C13H17BrCl2N2O2. The summed E-state index contributed by atoms with van der Waals surface area (Å²) >= 11 is 9.25. The van der Waals surface area contributed by atoms with Gasteiger partial charge in [0.2, 0.25) is 0 Å². The van der Waals surface area contributed by atoms with Crippen molar-refractivity contribution in [3.05, 3.63) is 27.7 Å². The van der Waals surface area contributed by atoms with Crippen molar-refractivity contribution < 1.29 is 9.53 Å². The number of piperazine rings is 1. The molecule has 20 heavy (non-hydrogen) atoms. The number of carbonyl (C=O) groups is 1. The van der Waals surface area contributed by atoms with Gasteiger partial charge in [-0.2, -0.15) is 0 Å². The molecule has 0 aromatic heterocycles. The van der Waals surface area contributed by atoms with Gasteiger partial charge in [-0.1, -0.05) is 11.6 Å². The molecule has 1 heterocycles. The van der Waals surface area contributed by atoms with Crippen LogP contribution in [0.1, 0.15) is 6.92 Å². The molecule has 0 radical (unpaired) electrons. The summed E-state index contributed by atoms with van der Waals surface area (Å²) < 4.78 is 6.45. The largest absolute Gasteiger partial charge is 0.480 e. The third-order valence-electron chi connectivity index (χ3n) is 2.97. The van der Waals surface area contributed by atoms with Crippen LogP contribution in [0.4, 0.5) is 0 Å². The van der Waals surface area contributed by atoms with Crippen molar-refractivity contribution in [2.75, 3.05) is 26.2 Å². The van der Waals surface area contributed by atoms with E-state index in [1.54, 1.807) is 25.1 Å². The number of amides is 1. The number of benzene rings is 1. The minimum atomic E-state index is -0.504. The maximum Gasteiger partial charge on any atom is 0.263 e. The second kappa shape index (κ2) is 8.08. The Balaban J connectivity index is 0.00000200. The van der Waals surface area contributed by atoms with E-state index in [2.05, 4.69) is 21.2 Å². The maximum atomic E-state index is 12.2. The number of hydrogen-bond donors (Lipinski definition) is 1. The molecule has 0 bridgehead atoms. The zero-order chi connectivity index (χ0) is 13.8. The molecule has 1 aromatic rings. The van der Waals surface area contributed by atoms with Gasteiger partial charge in [0.25, 0.3) is 5.91 Å². The van der Waals surface area contributed by atoms with Gasteiger partial charge in [0, 0.05) is 31.2 Å². The van der Waals surface area contributed by atoms with Crippen LogP contribution in [-0.2, 0) is 4.79 Å². The highest BCUT2D eigenvalue weighted by Crippen LogP contribution is 2.28. The summed E-state index contributed by atoms with van der Waals surface area (Å²) in [6.07, 6.45) is -0.504. The number of rotatable bonds is 3. The molecule has 7 heteroatoms. The van der Waals surface area contributed by atoms with Crippen LogP contribution in [-0.4, -0.2) is 43.1 Å². The highest BCUT2D eigenvalue weighted by atomic mass is 79.9. The van der Waals surface area contributed by atoms with E-state index >= 15 is 0 Å². The van der Waals surface area contributed by atoms with Crippen molar-refractivity contribution in [1.29, 1.82) is 0 Å². The van der Waals surface area contributed by atoms with Gasteiger partial charge in [-0.25, -0.2) is 0 Å². The predicted octanol–water partition coefficient (Wildman–Crippen LogP) is 2.72. The lowest BCUT2D eigenvalue weighted by atomic mass is 10.3. The van der Waals surface area contributed by atoms with Crippen LogP contribution in [0.25, 0.3) is 0 Å². The van der Waals surface area contributed by atoms with Crippen molar-refractivity contribution >= 4 is 45.8 Å². The Labute approximate surface area is 138 Å². The molecule has 0 spiro atoms. The van der Waals surface area contributed by atoms with Gasteiger partial charge in [-0.3, -0.25) is 4.79 Å². The van der Waals surface area contributed by atoms with E-state index in [1.807, 2.05) is 4.90 Å². The van der Waals surface area contributed by atoms with Crippen molar-refractivity contribution in [2.24, 2.45) is 0 Å². The van der Waals surface area contributed by atoms with Gasteiger partial charge in [-0.05, 0) is 41.1 Å². The minimum Gasteiger partial charge on any atom is -0.480 e. The first kappa shape index (κ1) is 17.6. The highest BCUT2D eigenvalue weighted by Gasteiger charge is 2.23. The van der Waals surface area contributed by atoms with Gasteiger partial charge < -0.3 is 15.0 Å². The normalized spacial score (nSPS) is 16.2. The molecule has 1 aliphatic heterocycles. The van der Waals surface area contributed by atoms with E-state index in [9.17, 15) is 4.79 Å². The monoisotopic (exact) mass is 382 g/mol. The SMILES string of the molecule is CC(Oc1ccc(Cl)cc1Br)C(=O)N1CCNCC1.Cl. The van der Waals surface area contributed by atoms with Crippen LogP contribution in [0.3, 0.4) is 0 Å². The molecule has 1 aromatic carbocycles. The molecule has 1 unspecified atom stereocenters. The second-order valence-electron chi connectivity index (χ2n) is 4.41. The zero-order valence-electron chi connectivity index (χ0n) is 11.1. The van der Waals surface area contributed by atoms with Crippen LogP contribution >= 0.6 is 39.9 Å². The first-order chi connectivity index (χ1) is 9.08. The average molecular weight is 384 g/mol. The number of hydrogen-bond acceptors (Lipinski definition) is 3. The van der Waals surface area contributed by atoms with Gasteiger partial charge >= 0.3 is 0 Å². The number of halogens is 3.